The van der Waals surface area contributed by atoms with Gasteiger partial charge in [0.2, 0.25) is 0 Å². The summed E-state index contributed by atoms with van der Waals surface area (Å²) in [7, 11) is 0. The van der Waals surface area contributed by atoms with E-state index >= 15 is 0 Å². The summed E-state index contributed by atoms with van der Waals surface area (Å²) in [5.74, 6) is -0.276. The Morgan fingerprint density at radius 2 is 1.46 bits per heavy atom. The number of ether oxygens (including phenoxy) is 1. The number of anilines is 1. The van der Waals surface area contributed by atoms with E-state index in [4.69, 9.17) is 4.74 Å². The molecule has 0 radical (unpaired) electrons. The summed E-state index contributed by atoms with van der Waals surface area (Å²) in [6, 6.07) is 32.5. The molecule has 138 valence electrons. The summed E-state index contributed by atoms with van der Waals surface area (Å²) in [5.41, 5.74) is 4.22. The topological polar surface area (TPSA) is 38.3 Å². The van der Waals surface area contributed by atoms with Gasteiger partial charge in [0.1, 0.15) is 13.2 Å². The lowest BCUT2D eigenvalue weighted by Crippen LogP contribution is -2.16. The first kappa shape index (κ1) is 17.8. The number of carbonyl (C=O) groups is 1. The second kappa shape index (κ2) is 8.40. The van der Waals surface area contributed by atoms with Gasteiger partial charge in [-0.2, -0.15) is 0 Å². The minimum absolute atomic E-state index is 0.139. The molecule has 0 aliphatic heterocycles. The number of rotatable bonds is 6. The molecule has 3 heteroatoms. The SMILES string of the molecule is O=C(CNc1ccc(-c2cccc3ccccc23)cc1)OCc1ccccc1. The molecule has 0 amide bonds. The molecule has 4 rings (SSSR count). The molecule has 0 aliphatic carbocycles. The van der Waals surface area contributed by atoms with Gasteiger partial charge in [0.05, 0.1) is 0 Å². The van der Waals surface area contributed by atoms with Gasteiger partial charge in [0.25, 0.3) is 0 Å². The monoisotopic (exact) mass is 367 g/mol. The van der Waals surface area contributed by atoms with Gasteiger partial charge in [-0.3, -0.25) is 4.79 Å². The van der Waals surface area contributed by atoms with Gasteiger partial charge in [-0.1, -0.05) is 84.9 Å². The van der Waals surface area contributed by atoms with E-state index in [1.165, 1.54) is 16.3 Å². The van der Waals surface area contributed by atoms with Crippen molar-refractivity contribution >= 4 is 22.4 Å². The largest absolute Gasteiger partial charge is 0.460 e. The van der Waals surface area contributed by atoms with Crippen LogP contribution in [0.2, 0.25) is 0 Å². The average Bonchev–Trinajstić information content (AvgIpc) is 2.77. The lowest BCUT2D eigenvalue weighted by atomic mass is 9.98. The number of hydrogen-bond acceptors (Lipinski definition) is 3. The molecule has 0 unspecified atom stereocenters. The highest BCUT2D eigenvalue weighted by molar-refractivity contribution is 5.96. The Morgan fingerprint density at radius 1 is 0.750 bits per heavy atom. The maximum absolute atomic E-state index is 11.9. The van der Waals surface area contributed by atoms with Gasteiger partial charge in [-0.25, -0.2) is 0 Å². The molecular weight excluding hydrogens is 346 g/mol. The fraction of sp³-hybridized carbons (Fsp3) is 0.0800. The second-order valence-electron chi connectivity index (χ2n) is 6.60. The predicted octanol–water partition coefficient (Wildman–Crippen LogP) is 5.66. The van der Waals surface area contributed by atoms with Gasteiger partial charge in [-0.15, -0.1) is 0 Å². The van der Waals surface area contributed by atoms with Crippen LogP contribution in [0.15, 0.2) is 97.1 Å². The highest BCUT2D eigenvalue weighted by Gasteiger charge is 2.05. The Labute approximate surface area is 164 Å². The maximum Gasteiger partial charge on any atom is 0.325 e. The summed E-state index contributed by atoms with van der Waals surface area (Å²) < 4.78 is 5.29. The summed E-state index contributed by atoms with van der Waals surface area (Å²) in [5, 5.41) is 5.58. The van der Waals surface area contributed by atoms with E-state index in [0.29, 0.717) is 6.61 Å². The van der Waals surface area contributed by atoms with E-state index in [2.05, 4.69) is 59.9 Å². The predicted molar refractivity (Wildman–Crippen MR) is 114 cm³/mol. The van der Waals surface area contributed by atoms with Crippen LogP contribution in [0.3, 0.4) is 0 Å². The fourth-order valence-electron chi connectivity index (χ4n) is 3.21. The van der Waals surface area contributed by atoms with Crippen LogP contribution in [0.25, 0.3) is 21.9 Å². The van der Waals surface area contributed by atoms with Gasteiger partial charge in [0, 0.05) is 5.69 Å². The summed E-state index contributed by atoms with van der Waals surface area (Å²) in [4.78, 5) is 11.9. The van der Waals surface area contributed by atoms with Crippen LogP contribution in [-0.2, 0) is 16.1 Å². The molecule has 0 heterocycles. The standard InChI is InChI=1S/C25H21NO2/c27-25(28-18-19-7-2-1-3-8-19)17-26-22-15-13-21(14-16-22)24-12-6-10-20-9-4-5-11-23(20)24/h1-16,26H,17-18H2. The third-order valence-electron chi connectivity index (χ3n) is 4.67. The van der Waals surface area contributed by atoms with Crippen molar-refractivity contribution < 1.29 is 9.53 Å². The molecule has 0 atom stereocenters. The first-order valence-electron chi connectivity index (χ1n) is 9.31. The number of fused-ring (bicyclic) bond motifs is 1. The Hall–Kier alpha value is -3.59. The molecule has 0 bridgehead atoms. The highest BCUT2D eigenvalue weighted by atomic mass is 16.5. The number of benzene rings is 4. The van der Waals surface area contributed by atoms with Crippen LogP contribution in [0.1, 0.15) is 5.56 Å². The third-order valence-corrected chi connectivity index (χ3v) is 4.67. The van der Waals surface area contributed by atoms with Crippen molar-refractivity contribution in [2.75, 3.05) is 11.9 Å². The smallest absolute Gasteiger partial charge is 0.325 e. The highest BCUT2D eigenvalue weighted by Crippen LogP contribution is 2.29. The van der Waals surface area contributed by atoms with Crippen LogP contribution in [0.4, 0.5) is 5.69 Å². The Bertz CT molecular complexity index is 1070. The second-order valence-corrected chi connectivity index (χ2v) is 6.60. The summed E-state index contributed by atoms with van der Waals surface area (Å²) in [6.45, 7) is 0.432. The Morgan fingerprint density at radius 3 is 2.29 bits per heavy atom. The van der Waals surface area contributed by atoms with E-state index in [1.54, 1.807) is 0 Å². The number of nitrogens with one attached hydrogen (secondary N) is 1. The van der Waals surface area contributed by atoms with Crippen molar-refractivity contribution in [1.82, 2.24) is 0 Å². The lowest BCUT2D eigenvalue weighted by molar-refractivity contribution is -0.142. The van der Waals surface area contributed by atoms with Gasteiger partial charge in [0.15, 0.2) is 0 Å². The summed E-state index contributed by atoms with van der Waals surface area (Å²) in [6.07, 6.45) is 0. The van der Waals surface area contributed by atoms with Gasteiger partial charge >= 0.3 is 5.97 Å². The van der Waals surface area contributed by atoms with Crippen LogP contribution in [-0.4, -0.2) is 12.5 Å². The Balaban J connectivity index is 1.37. The zero-order chi connectivity index (χ0) is 19.2. The molecule has 1 N–H and O–H groups in total. The molecule has 28 heavy (non-hydrogen) atoms. The van der Waals surface area contributed by atoms with Crippen molar-refractivity contribution in [2.45, 2.75) is 6.61 Å². The Kier molecular flexibility index (Phi) is 5.34. The third kappa shape index (κ3) is 4.21. The van der Waals surface area contributed by atoms with Crippen molar-refractivity contribution in [3.8, 4) is 11.1 Å². The van der Waals surface area contributed by atoms with E-state index in [0.717, 1.165) is 16.8 Å². The summed E-state index contributed by atoms with van der Waals surface area (Å²) >= 11 is 0. The zero-order valence-electron chi connectivity index (χ0n) is 15.5. The average molecular weight is 367 g/mol. The number of esters is 1. The van der Waals surface area contributed by atoms with E-state index < -0.39 is 0 Å². The molecule has 0 spiro atoms. The van der Waals surface area contributed by atoms with Gasteiger partial charge < -0.3 is 10.1 Å². The molecule has 4 aromatic rings. The molecular formula is C25H21NO2. The van der Waals surface area contributed by atoms with Crippen LogP contribution in [0.5, 0.6) is 0 Å². The van der Waals surface area contributed by atoms with E-state index in [1.807, 2.05) is 42.5 Å². The molecule has 4 aromatic carbocycles. The number of hydrogen-bond donors (Lipinski definition) is 1. The first-order chi connectivity index (χ1) is 13.8. The first-order valence-corrected chi connectivity index (χ1v) is 9.31. The molecule has 0 aliphatic rings. The molecule has 0 saturated heterocycles. The molecule has 3 nitrogen and oxygen atoms in total. The van der Waals surface area contributed by atoms with Crippen molar-refractivity contribution in [3.05, 3.63) is 103 Å². The van der Waals surface area contributed by atoms with Crippen LogP contribution >= 0.6 is 0 Å². The van der Waals surface area contributed by atoms with Crippen LogP contribution < -0.4 is 5.32 Å². The molecule has 0 saturated carbocycles. The quantitative estimate of drug-likeness (QED) is 0.447. The van der Waals surface area contributed by atoms with Crippen LogP contribution in [0, 0.1) is 0 Å². The maximum atomic E-state index is 11.9. The van der Waals surface area contributed by atoms with E-state index in [9.17, 15) is 4.79 Å². The zero-order valence-corrected chi connectivity index (χ0v) is 15.5. The van der Waals surface area contributed by atoms with Gasteiger partial charge in [-0.05, 0) is 39.6 Å². The number of carbonyl (C=O) groups excluding carboxylic acids is 1. The van der Waals surface area contributed by atoms with E-state index in [-0.39, 0.29) is 12.5 Å². The van der Waals surface area contributed by atoms with Crippen molar-refractivity contribution in [1.29, 1.82) is 0 Å². The lowest BCUT2D eigenvalue weighted by Gasteiger charge is -2.10. The minimum Gasteiger partial charge on any atom is -0.460 e. The fourth-order valence-corrected chi connectivity index (χ4v) is 3.21. The van der Waals surface area contributed by atoms with Crippen molar-refractivity contribution in [3.63, 3.8) is 0 Å². The minimum atomic E-state index is -0.276. The van der Waals surface area contributed by atoms with Crippen molar-refractivity contribution in [2.24, 2.45) is 0 Å². The normalized spacial score (nSPS) is 10.6. The molecule has 0 fully saturated rings. The molecule has 0 aromatic heterocycles.